The first-order valence-corrected chi connectivity index (χ1v) is 13.0. The van der Waals surface area contributed by atoms with E-state index in [2.05, 4.69) is 5.32 Å². The van der Waals surface area contributed by atoms with Crippen molar-refractivity contribution in [2.75, 3.05) is 25.5 Å². The molecule has 1 aliphatic rings. The van der Waals surface area contributed by atoms with E-state index >= 15 is 0 Å². The topological polar surface area (TPSA) is 61.9 Å². The summed E-state index contributed by atoms with van der Waals surface area (Å²) in [6.45, 7) is 0.701. The lowest BCUT2D eigenvalue weighted by Gasteiger charge is -2.34. The third-order valence-electron chi connectivity index (χ3n) is 6.82. The lowest BCUT2D eigenvalue weighted by molar-refractivity contribution is -0.134. The van der Waals surface area contributed by atoms with Gasteiger partial charge in [-0.3, -0.25) is 4.79 Å². The van der Waals surface area contributed by atoms with Crippen molar-refractivity contribution in [3.63, 3.8) is 0 Å². The lowest BCUT2D eigenvalue weighted by atomic mass is 10.0. The van der Waals surface area contributed by atoms with Gasteiger partial charge in [0.1, 0.15) is 12.3 Å². The highest BCUT2D eigenvalue weighted by Gasteiger charge is 2.29. The number of carbonyl (C=O) groups excluding carboxylic acids is 2. The Morgan fingerprint density at radius 1 is 0.872 bits per heavy atom. The molecule has 0 aliphatic carbocycles. The van der Waals surface area contributed by atoms with Crippen molar-refractivity contribution in [1.82, 2.24) is 9.80 Å². The largest absolute Gasteiger partial charge is 0.497 e. The maximum atomic E-state index is 13.8. The van der Waals surface area contributed by atoms with E-state index in [4.69, 9.17) is 4.74 Å². The second kappa shape index (κ2) is 12.1. The van der Waals surface area contributed by atoms with Gasteiger partial charge in [0.25, 0.3) is 0 Å². The van der Waals surface area contributed by atoms with E-state index in [1.807, 2.05) is 126 Å². The molecule has 5 rings (SSSR count). The standard InChI is InChI=1S/C33H31N3O3/c1-39-28-20-18-27(19-21-28)31-17-10-22-35(24-32(37)36(31)23-25-11-4-2-5-12-25)33(38)34-30-16-9-8-15-29(30)26-13-6-3-7-14-26/h2-21,31H,22-24H2,1H3,(H,34,38)/b17-10-. The summed E-state index contributed by atoms with van der Waals surface area (Å²) >= 11 is 0. The molecule has 196 valence electrons. The third-order valence-corrected chi connectivity index (χ3v) is 6.82. The predicted molar refractivity (Wildman–Crippen MR) is 154 cm³/mol. The fourth-order valence-corrected chi connectivity index (χ4v) is 4.76. The number of methoxy groups -OCH3 is 1. The predicted octanol–water partition coefficient (Wildman–Crippen LogP) is 6.54. The molecule has 1 N–H and O–H groups in total. The van der Waals surface area contributed by atoms with Crippen LogP contribution in [0.2, 0.25) is 0 Å². The first kappa shape index (κ1) is 25.8. The van der Waals surface area contributed by atoms with E-state index in [1.165, 1.54) is 0 Å². The Kier molecular flexibility index (Phi) is 8.03. The van der Waals surface area contributed by atoms with Crippen molar-refractivity contribution in [1.29, 1.82) is 0 Å². The van der Waals surface area contributed by atoms with Crippen molar-refractivity contribution < 1.29 is 14.3 Å². The zero-order chi connectivity index (χ0) is 27.0. The zero-order valence-corrected chi connectivity index (χ0v) is 21.9. The van der Waals surface area contributed by atoms with Gasteiger partial charge in [0.15, 0.2) is 0 Å². The van der Waals surface area contributed by atoms with E-state index in [9.17, 15) is 9.59 Å². The van der Waals surface area contributed by atoms with Crippen molar-refractivity contribution in [2.24, 2.45) is 0 Å². The summed E-state index contributed by atoms with van der Waals surface area (Å²) in [6.07, 6.45) is 3.96. The molecule has 39 heavy (non-hydrogen) atoms. The van der Waals surface area contributed by atoms with Crippen molar-refractivity contribution in [3.8, 4) is 16.9 Å². The van der Waals surface area contributed by atoms with Crippen LogP contribution in [0, 0.1) is 0 Å². The summed E-state index contributed by atoms with van der Waals surface area (Å²) in [4.78, 5) is 30.6. The number of nitrogens with one attached hydrogen (secondary N) is 1. The van der Waals surface area contributed by atoms with Gasteiger partial charge in [-0.25, -0.2) is 4.79 Å². The highest BCUT2D eigenvalue weighted by molar-refractivity contribution is 5.96. The monoisotopic (exact) mass is 517 g/mol. The SMILES string of the molecule is COc1ccc(C2/C=C\CN(C(=O)Nc3ccccc3-c3ccccc3)CC(=O)N2Cc2ccccc2)cc1. The summed E-state index contributed by atoms with van der Waals surface area (Å²) in [7, 11) is 1.63. The number of nitrogens with zero attached hydrogens (tertiary/aromatic N) is 2. The molecule has 0 fully saturated rings. The van der Waals surface area contributed by atoms with Gasteiger partial charge in [-0.1, -0.05) is 103 Å². The smallest absolute Gasteiger partial charge is 0.322 e. The van der Waals surface area contributed by atoms with Gasteiger partial charge >= 0.3 is 6.03 Å². The minimum atomic E-state index is -0.320. The Bertz CT molecular complexity index is 1440. The number of benzene rings is 4. The van der Waals surface area contributed by atoms with E-state index in [0.29, 0.717) is 18.8 Å². The second-order valence-corrected chi connectivity index (χ2v) is 9.38. The Labute approximate surface area is 229 Å². The fraction of sp³-hybridized carbons (Fsp3) is 0.152. The Morgan fingerprint density at radius 3 is 2.26 bits per heavy atom. The normalized spacial score (nSPS) is 16.2. The van der Waals surface area contributed by atoms with E-state index in [-0.39, 0.29) is 24.5 Å². The van der Waals surface area contributed by atoms with Gasteiger partial charge in [-0.05, 0) is 34.9 Å². The summed E-state index contributed by atoms with van der Waals surface area (Å²) < 4.78 is 5.32. The minimum Gasteiger partial charge on any atom is -0.497 e. The van der Waals surface area contributed by atoms with Gasteiger partial charge in [-0.2, -0.15) is 0 Å². The molecule has 1 unspecified atom stereocenters. The average molecular weight is 518 g/mol. The number of ether oxygens (including phenoxy) is 1. The van der Waals surface area contributed by atoms with E-state index in [1.54, 1.807) is 12.0 Å². The molecule has 1 aliphatic heterocycles. The van der Waals surface area contributed by atoms with Crippen LogP contribution in [0.4, 0.5) is 10.5 Å². The molecule has 0 aromatic heterocycles. The number of para-hydroxylation sites is 1. The number of carbonyl (C=O) groups is 2. The minimum absolute atomic E-state index is 0.0385. The zero-order valence-electron chi connectivity index (χ0n) is 21.9. The number of urea groups is 1. The third kappa shape index (κ3) is 6.18. The van der Waals surface area contributed by atoms with Crippen LogP contribution in [0.5, 0.6) is 5.75 Å². The van der Waals surface area contributed by atoms with Crippen molar-refractivity contribution in [2.45, 2.75) is 12.6 Å². The molecule has 3 amide bonds. The van der Waals surface area contributed by atoms with Gasteiger partial charge in [0.2, 0.25) is 5.91 Å². The van der Waals surface area contributed by atoms with Gasteiger partial charge in [0, 0.05) is 18.7 Å². The molecule has 4 aromatic carbocycles. The maximum absolute atomic E-state index is 13.8. The maximum Gasteiger partial charge on any atom is 0.322 e. The summed E-state index contributed by atoms with van der Waals surface area (Å²) in [5, 5.41) is 3.04. The molecule has 0 spiro atoms. The van der Waals surface area contributed by atoms with Gasteiger partial charge in [0.05, 0.1) is 18.8 Å². The molecule has 0 saturated carbocycles. The van der Waals surface area contributed by atoms with Crippen molar-refractivity contribution in [3.05, 3.63) is 132 Å². The van der Waals surface area contributed by atoms with E-state index < -0.39 is 0 Å². The number of amides is 3. The Hall–Kier alpha value is -4.84. The average Bonchev–Trinajstić information content (AvgIpc) is 2.98. The van der Waals surface area contributed by atoms with Crippen LogP contribution >= 0.6 is 0 Å². The Morgan fingerprint density at radius 2 is 1.54 bits per heavy atom. The van der Waals surface area contributed by atoms with Crippen molar-refractivity contribution >= 4 is 17.6 Å². The van der Waals surface area contributed by atoms with Gasteiger partial charge < -0.3 is 19.9 Å². The van der Waals surface area contributed by atoms with Gasteiger partial charge in [-0.15, -0.1) is 0 Å². The summed E-state index contributed by atoms with van der Waals surface area (Å²) in [5.74, 6) is 0.628. The highest BCUT2D eigenvalue weighted by atomic mass is 16.5. The van der Waals surface area contributed by atoms with Crippen LogP contribution in [0.15, 0.2) is 121 Å². The van der Waals surface area contributed by atoms with Crippen LogP contribution < -0.4 is 10.1 Å². The molecule has 1 atom stereocenters. The number of anilines is 1. The Balaban J connectivity index is 1.41. The van der Waals surface area contributed by atoms with Crippen LogP contribution in [0.25, 0.3) is 11.1 Å². The fourth-order valence-electron chi connectivity index (χ4n) is 4.76. The van der Waals surface area contributed by atoms with E-state index in [0.717, 1.165) is 28.0 Å². The molecule has 6 nitrogen and oxygen atoms in total. The molecule has 6 heteroatoms. The van der Waals surface area contributed by atoms with Crippen LogP contribution in [0.1, 0.15) is 17.2 Å². The van der Waals surface area contributed by atoms with Crippen LogP contribution in [-0.2, 0) is 11.3 Å². The number of rotatable bonds is 6. The summed E-state index contributed by atoms with van der Waals surface area (Å²) in [5.41, 5.74) is 4.63. The highest BCUT2D eigenvalue weighted by Crippen LogP contribution is 2.30. The number of hydrogen-bond acceptors (Lipinski definition) is 3. The lowest BCUT2D eigenvalue weighted by Crippen LogP contribution is -2.46. The quantitative estimate of drug-likeness (QED) is 0.296. The molecule has 4 aromatic rings. The molecular formula is C33H31N3O3. The first-order valence-electron chi connectivity index (χ1n) is 13.0. The number of hydrogen-bond donors (Lipinski definition) is 1. The van der Waals surface area contributed by atoms with Crippen LogP contribution in [-0.4, -0.2) is 41.9 Å². The molecule has 1 heterocycles. The molecule has 0 bridgehead atoms. The first-order chi connectivity index (χ1) is 19.1. The molecule has 0 saturated heterocycles. The second-order valence-electron chi connectivity index (χ2n) is 9.38. The van der Waals surface area contributed by atoms with Crippen LogP contribution in [0.3, 0.4) is 0 Å². The molecular weight excluding hydrogens is 486 g/mol. The summed E-state index contributed by atoms with van der Waals surface area (Å²) in [6, 6.07) is 34.7. The molecule has 0 radical (unpaired) electrons.